The van der Waals surface area contributed by atoms with Gasteiger partial charge in [0.15, 0.2) is 6.10 Å². The van der Waals surface area contributed by atoms with Crippen LogP contribution in [0.4, 0.5) is 16.2 Å². The van der Waals surface area contributed by atoms with Gasteiger partial charge in [-0.1, -0.05) is 32.0 Å². The van der Waals surface area contributed by atoms with E-state index in [0.717, 1.165) is 0 Å². The lowest BCUT2D eigenvalue weighted by Crippen LogP contribution is -2.48. The molecule has 0 saturated heterocycles. The Morgan fingerprint density at radius 3 is 2.06 bits per heavy atom. The summed E-state index contributed by atoms with van der Waals surface area (Å²) in [4.78, 5) is 37.2. The number of carbonyl (C=O) groups is 3. The first-order valence-electron chi connectivity index (χ1n) is 10.2. The van der Waals surface area contributed by atoms with Crippen LogP contribution in [0.25, 0.3) is 0 Å². The third-order valence-corrected chi connectivity index (χ3v) is 4.33. The average molecular weight is 428 g/mol. The summed E-state index contributed by atoms with van der Waals surface area (Å²) in [7, 11) is 0. The van der Waals surface area contributed by atoms with Gasteiger partial charge in [0.1, 0.15) is 11.8 Å². The van der Waals surface area contributed by atoms with Crippen LogP contribution in [0.1, 0.15) is 27.7 Å². The molecule has 0 aliphatic heterocycles. The van der Waals surface area contributed by atoms with Gasteiger partial charge in [-0.3, -0.25) is 4.79 Å². The van der Waals surface area contributed by atoms with Crippen molar-refractivity contribution in [2.45, 2.75) is 39.8 Å². The second kappa shape index (κ2) is 11.6. The summed E-state index contributed by atoms with van der Waals surface area (Å²) in [5.41, 5.74) is 1.15. The summed E-state index contributed by atoms with van der Waals surface area (Å²) >= 11 is 0. The van der Waals surface area contributed by atoms with Crippen molar-refractivity contribution in [1.82, 2.24) is 5.32 Å². The Kier molecular flexibility index (Phi) is 8.87. The Morgan fingerprint density at radius 1 is 0.871 bits per heavy atom. The molecular weight excluding hydrogens is 398 g/mol. The van der Waals surface area contributed by atoms with Gasteiger partial charge in [-0.15, -0.1) is 0 Å². The van der Waals surface area contributed by atoms with Gasteiger partial charge in [0, 0.05) is 11.4 Å². The summed E-state index contributed by atoms with van der Waals surface area (Å²) in [6.07, 6.45) is -1.04. The summed E-state index contributed by atoms with van der Waals surface area (Å²) in [6, 6.07) is 14.3. The first-order valence-corrected chi connectivity index (χ1v) is 10.2. The molecule has 0 saturated carbocycles. The third-order valence-electron chi connectivity index (χ3n) is 4.33. The highest BCUT2D eigenvalue weighted by Crippen LogP contribution is 2.16. The van der Waals surface area contributed by atoms with E-state index in [-0.39, 0.29) is 5.92 Å². The van der Waals surface area contributed by atoms with Gasteiger partial charge < -0.3 is 25.4 Å². The summed E-state index contributed by atoms with van der Waals surface area (Å²) in [5, 5.41) is 7.95. The van der Waals surface area contributed by atoms with Gasteiger partial charge in [-0.2, -0.15) is 0 Å². The zero-order chi connectivity index (χ0) is 22.8. The van der Waals surface area contributed by atoms with Crippen molar-refractivity contribution in [3.8, 4) is 5.75 Å². The minimum Gasteiger partial charge on any atom is -0.494 e. The molecule has 0 aromatic heterocycles. The van der Waals surface area contributed by atoms with Crippen molar-refractivity contribution in [3.05, 3.63) is 54.6 Å². The van der Waals surface area contributed by atoms with Crippen LogP contribution in [-0.2, 0) is 14.3 Å². The molecule has 166 valence electrons. The predicted molar refractivity (Wildman–Crippen MR) is 119 cm³/mol. The molecule has 2 atom stereocenters. The average Bonchev–Trinajstić information content (AvgIpc) is 2.74. The zero-order valence-corrected chi connectivity index (χ0v) is 18.2. The normalized spacial score (nSPS) is 12.4. The van der Waals surface area contributed by atoms with Gasteiger partial charge in [-0.05, 0) is 56.2 Å². The van der Waals surface area contributed by atoms with E-state index in [1.54, 1.807) is 62.4 Å². The van der Waals surface area contributed by atoms with Crippen LogP contribution >= 0.6 is 0 Å². The molecule has 0 bridgehead atoms. The number of carbonyl (C=O) groups excluding carboxylic acids is 3. The molecule has 0 unspecified atom stereocenters. The van der Waals surface area contributed by atoms with Crippen LogP contribution in [0.15, 0.2) is 54.6 Å². The summed E-state index contributed by atoms with van der Waals surface area (Å²) in [6.45, 7) is 7.46. The standard InChI is InChI=1S/C23H29N3O5/c1-5-30-19-13-11-18(12-14-19)24-21(27)16(4)31-22(28)20(15(2)3)26-23(29)25-17-9-7-6-8-10-17/h6-16,20H,5H2,1-4H3,(H,24,27)(H2,25,26,29)/t16-,20-/m0/s1. The summed E-state index contributed by atoms with van der Waals surface area (Å²) in [5.74, 6) is -0.712. The Bertz CT molecular complexity index is 869. The van der Waals surface area contributed by atoms with Gasteiger partial charge in [-0.25, -0.2) is 9.59 Å². The molecule has 0 aliphatic carbocycles. The number of hydrogen-bond acceptors (Lipinski definition) is 5. The van der Waals surface area contributed by atoms with Crippen LogP contribution < -0.4 is 20.7 Å². The Balaban J connectivity index is 1.91. The molecule has 2 aromatic carbocycles. The maximum absolute atomic E-state index is 12.6. The number of para-hydroxylation sites is 1. The van der Waals surface area contributed by atoms with E-state index in [1.165, 1.54) is 6.92 Å². The van der Waals surface area contributed by atoms with E-state index in [4.69, 9.17) is 9.47 Å². The van der Waals surface area contributed by atoms with Gasteiger partial charge in [0.2, 0.25) is 0 Å². The molecule has 0 spiro atoms. The molecule has 0 fully saturated rings. The lowest BCUT2D eigenvalue weighted by atomic mass is 10.0. The highest BCUT2D eigenvalue weighted by Gasteiger charge is 2.29. The van der Waals surface area contributed by atoms with Gasteiger partial charge >= 0.3 is 12.0 Å². The van der Waals surface area contributed by atoms with Crippen LogP contribution in [0.3, 0.4) is 0 Å². The van der Waals surface area contributed by atoms with E-state index >= 15 is 0 Å². The van der Waals surface area contributed by atoms with Crippen molar-refractivity contribution < 1.29 is 23.9 Å². The van der Waals surface area contributed by atoms with Crippen LogP contribution in [0, 0.1) is 5.92 Å². The molecule has 0 aliphatic rings. The van der Waals surface area contributed by atoms with E-state index < -0.39 is 30.1 Å². The Morgan fingerprint density at radius 2 is 1.48 bits per heavy atom. The van der Waals surface area contributed by atoms with Crippen LogP contribution in [0.2, 0.25) is 0 Å². The predicted octanol–water partition coefficient (Wildman–Crippen LogP) is 3.80. The van der Waals surface area contributed by atoms with Gasteiger partial charge in [0.05, 0.1) is 6.61 Å². The molecule has 2 rings (SSSR count). The van der Waals surface area contributed by atoms with Crippen LogP contribution in [0.5, 0.6) is 5.75 Å². The van der Waals surface area contributed by atoms with Crippen molar-refractivity contribution in [3.63, 3.8) is 0 Å². The highest BCUT2D eigenvalue weighted by atomic mass is 16.5. The minimum atomic E-state index is -1.04. The quantitative estimate of drug-likeness (QED) is 0.528. The van der Waals surface area contributed by atoms with Crippen molar-refractivity contribution in [1.29, 1.82) is 0 Å². The van der Waals surface area contributed by atoms with Crippen molar-refractivity contribution in [2.24, 2.45) is 5.92 Å². The number of ether oxygens (including phenoxy) is 2. The number of amides is 3. The third kappa shape index (κ3) is 7.65. The minimum absolute atomic E-state index is 0.240. The number of rotatable bonds is 9. The molecule has 0 heterocycles. The van der Waals surface area contributed by atoms with Gasteiger partial charge in [0.25, 0.3) is 5.91 Å². The number of benzene rings is 2. The largest absolute Gasteiger partial charge is 0.494 e. The number of anilines is 2. The molecule has 2 aromatic rings. The first-order chi connectivity index (χ1) is 14.8. The Labute approximate surface area is 182 Å². The second-order valence-corrected chi connectivity index (χ2v) is 7.21. The van der Waals surface area contributed by atoms with E-state index in [0.29, 0.717) is 23.7 Å². The molecule has 31 heavy (non-hydrogen) atoms. The molecule has 0 radical (unpaired) electrons. The molecule has 8 heteroatoms. The number of esters is 1. The fourth-order valence-electron chi connectivity index (χ4n) is 2.67. The Hall–Kier alpha value is -3.55. The highest BCUT2D eigenvalue weighted by molar-refractivity contribution is 5.96. The number of nitrogens with one attached hydrogen (secondary N) is 3. The second-order valence-electron chi connectivity index (χ2n) is 7.21. The maximum atomic E-state index is 12.6. The van der Waals surface area contributed by atoms with E-state index in [1.807, 2.05) is 13.0 Å². The molecule has 8 nitrogen and oxygen atoms in total. The summed E-state index contributed by atoms with van der Waals surface area (Å²) < 4.78 is 10.7. The SMILES string of the molecule is CCOc1ccc(NC(=O)[C@H](C)OC(=O)[C@@H](NC(=O)Nc2ccccc2)C(C)C)cc1. The number of hydrogen-bond donors (Lipinski definition) is 3. The van der Waals surface area contributed by atoms with Crippen LogP contribution in [-0.4, -0.2) is 36.7 Å². The fourth-order valence-corrected chi connectivity index (χ4v) is 2.67. The maximum Gasteiger partial charge on any atom is 0.329 e. The zero-order valence-electron chi connectivity index (χ0n) is 18.2. The van der Waals surface area contributed by atoms with E-state index in [9.17, 15) is 14.4 Å². The molecule has 3 amide bonds. The molecule has 3 N–H and O–H groups in total. The lowest BCUT2D eigenvalue weighted by Gasteiger charge is -2.23. The monoisotopic (exact) mass is 427 g/mol. The van der Waals surface area contributed by atoms with Crippen molar-refractivity contribution in [2.75, 3.05) is 17.2 Å². The van der Waals surface area contributed by atoms with E-state index in [2.05, 4.69) is 16.0 Å². The lowest BCUT2D eigenvalue weighted by molar-refractivity contribution is -0.156. The molecular formula is C23H29N3O5. The van der Waals surface area contributed by atoms with Crippen molar-refractivity contribution >= 4 is 29.3 Å². The topological polar surface area (TPSA) is 106 Å². The number of urea groups is 1. The smallest absolute Gasteiger partial charge is 0.329 e. The first kappa shape index (κ1) is 23.7. The fraction of sp³-hybridized carbons (Fsp3) is 0.348.